The highest BCUT2D eigenvalue weighted by Gasteiger charge is 2.51. The third kappa shape index (κ3) is 3.47. The molecule has 0 unspecified atom stereocenters. The van der Waals surface area contributed by atoms with Crippen LogP contribution >= 0.6 is 11.6 Å². The fourth-order valence-corrected chi connectivity index (χ4v) is 3.71. The molecule has 0 bridgehead atoms. The van der Waals surface area contributed by atoms with Crippen molar-refractivity contribution in [2.75, 3.05) is 6.61 Å². The predicted octanol–water partition coefficient (Wildman–Crippen LogP) is 3.35. The van der Waals surface area contributed by atoms with Gasteiger partial charge in [0.1, 0.15) is 17.2 Å². The Morgan fingerprint density at radius 2 is 2.04 bits per heavy atom. The first-order valence-corrected chi connectivity index (χ1v) is 8.74. The molecular formula is C19H17ClF3NO3. The van der Waals surface area contributed by atoms with Crippen molar-refractivity contribution in [2.45, 2.75) is 37.0 Å². The second-order valence-corrected chi connectivity index (χ2v) is 7.07. The molecule has 0 saturated carbocycles. The molecule has 4 nitrogen and oxygen atoms in total. The van der Waals surface area contributed by atoms with Crippen LogP contribution in [0.25, 0.3) is 0 Å². The Kier molecular flexibility index (Phi) is 5.29. The molecule has 144 valence electrons. The van der Waals surface area contributed by atoms with Gasteiger partial charge in [-0.05, 0) is 31.4 Å². The van der Waals surface area contributed by atoms with Gasteiger partial charge in [0, 0.05) is 34.8 Å². The van der Waals surface area contributed by atoms with Gasteiger partial charge in [0.2, 0.25) is 0 Å². The molecule has 27 heavy (non-hydrogen) atoms. The van der Waals surface area contributed by atoms with E-state index >= 15 is 4.39 Å². The van der Waals surface area contributed by atoms with Crippen LogP contribution in [0.4, 0.5) is 13.2 Å². The van der Waals surface area contributed by atoms with Crippen molar-refractivity contribution >= 4 is 17.4 Å². The maximum absolute atomic E-state index is 15.6. The zero-order chi connectivity index (χ0) is 19.8. The summed E-state index contributed by atoms with van der Waals surface area (Å²) >= 11 is 5.82. The molecule has 1 heterocycles. The van der Waals surface area contributed by atoms with Gasteiger partial charge in [0.15, 0.2) is 11.5 Å². The molecular weight excluding hydrogens is 383 g/mol. The lowest BCUT2D eigenvalue weighted by atomic mass is 9.72. The van der Waals surface area contributed by atoms with Gasteiger partial charge in [-0.3, -0.25) is 9.78 Å². The normalized spacial score (nSPS) is 24.5. The number of halogens is 4. The average molecular weight is 400 g/mol. The van der Waals surface area contributed by atoms with Crippen LogP contribution in [0.1, 0.15) is 36.1 Å². The highest BCUT2D eigenvalue weighted by molar-refractivity contribution is 6.31. The Morgan fingerprint density at radius 1 is 1.30 bits per heavy atom. The van der Waals surface area contributed by atoms with Crippen LogP contribution in [0.2, 0.25) is 5.02 Å². The maximum Gasteiger partial charge on any atom is 0.195 e. The number of carbonyl (C=O) groups excluding carboxylic acids is 1. The Hall–Kier alpha value is -1.96. The van der Waals surface area contributed by atoms with Gasteiger partial charge < -0.3 is 10.2 Å². The van der Waals surface area contributed by atoms with Crippen LogP contribution < -0.4 is 0 Å². The van der Waals surface area contributed by atoms with Crippen LogP contribution in [0.5, 0.6) is 0 Å². The molecule has 3 rings (SSSR count). The van der Waals surface area contributed by atoms with Crippen LogP contribution in [0, 0.1) is 11.6 Å². The molecule has 1 aromatic heterocycles. The van der Waals surface area contributed by atoms with Crippen molar-refractivity contribution in [2.24, 2.45) is 0 Å². The van der Waals surface area contributed by atoms with E-state index < -0.39 is 35.3 Å². The van der Waals surface area contributed by atoms with E-state index in [1.54, 1.807) is 0 Å². The van der Waals surface area contributed by atoms with Crippen LogP contribution in [0.15, 0.2) is 30.5 Å². The summed E-state index contributed by atoms with van der Waals surface area (Å²) in [4.78, 5) is 16.6. The molecule has 0 fully saturated rings. The first-order valence-electron chi connectivity index (χ1n) is 8.36. The molecule has 0 radical (unpaired) electrons. The molecule has 2 aromatic rings. The molecule has 8 heteroatoms. The van der Waals surface area contributed by atoms with E-state index in [-0.39, 0.29) is 47.5 Å². The summed E-state index contributed by atoms with van der Waals surface area (Å²) in [7, 11) is 0. The Bertz CT molecular complexity index is 871. The van der Waals surface area contributed by atoms with Gasteiger partial charge in [-0.1, -0.05) is 17.7 Å². The summed E-state index contributed by atoms with van der Waals surface area (Å²) in [5, 5.41) is 19.7. The Labute approximate surface area is 158 Å². The van der Waals surface area contributed by atoms with Crippen molar-refractivity contribution in [1.29, 1.82) is 0 Å². The van der Waals surface area contributed by atoms with Gasteiger partial charge in [0.25, 0.3) is 0 Å². The van der Waals surface area contributed by atoms with Gasteiger partial charge in [0.05, 0.1) is 12.3 Å². The van der Waals surface area contributed by atoms with E-state index in [0.29, 0.717) is 6.07 Å². The summed E-state index contributed by atoms with van der Waals surface area (Å²) in [6, 6.07) is 4.35. The molecule has 2 N–H and O–H groups in total. The van der Waals surface area contributed by atoms with Gasteiger partial charge in [-0.2, -0.15) is 0 Å². The first kappa shape index (κ1) is 19.8. The zero-order valence-corrected chi connectivity index (χ0v) is 14.9. The molecule has 2 atom stereocenters. The number of fused-ring (bicyclic) bond motifs is 1. The molecule has 0 spiro atoms. The monoisotopic (exact) mass is 399 g/mol. The third-order valence-corrected chi connectivity index (χ3v) is 5.31. The number of hydrogen-bond donors (Lipinski definition) is 2. The van der Waals surface area contributed by atoms with Crippen molar-refractivity contribution in [3.8, 4) is 0 Å². The summed E-state index contributed by atoms with van der Waals surface area (Å²) in [6.07, 6.45) is 0.228. The number of aliphatic hydroxyl groups excluding tert-OH is 1. The van der Waals surface area contributed by atoms with Crippen molar-refractivity contribution < 1.29 is 28.2 Å². The SMILES string of the molecule is O=C(CCc1c(F)cc(F)cc1Cl)[C@]1(F)CC[C@@](O)(CO)c2ncccc21. The smallest absolute Gasteiger partial charge is 0.195 e. The predicted molar refractivity (Wildman–Crippen MR) is 91.9 cm³/mol. The molecule has 1 aromatic carbocycles. The van der Waals surface area contributed by atoms with Gasteiger partial charge in [-0.25, -0.2) is 13.2 Å². The molecule has 0 amide bonds. The van der Waals surface area contributed by atoms with E-state index in [1.807, 2.05) is 0 Å². The summed E-state index contributed by atoms with van der Waals surface area (Å²) in [6.45, 7) is -0.655. The van der Waals surface area contributed by atoms with Crippen LogP contribution in [-0.4, -0.2) is 27.6 Å². The van der Waals surface area contributed by atoms with E-state index in [9.17, 15) is 23.8 Å². The van der Waals surface area contributed by atoms with E-state index in [4.69, 9.17) is 11.6 Å². The van der Waals surface area contributed by atoms with Crippen molar-refractivity contribution in [3.05, 3.63) is 63.9 Å². The lowest BCUT2D eigenvalue weighted by molar-refractivity contribution is -0.135. The Balaban J connectivity index is 1.88. The number of carbonyl (C=O) groups is 1. The largest absolute Gasteiger partial charge is 0.393 e. The van der Waals surface area contributed by atoms with Crippen LogP contribution in [-0.2, 0) is 22.5 Å². The van der Waals surface area contributed by atoms with Gasteiger partial charge >= 0.3 is 0 Å². The number of ketones is 1. The maximum atomic E-state index is 15.6. The first-order chi connectivity index (χ1) is 12.7. The van der Waals surface area contributed by atoms with E-state index in [0.717, 1.165) is 6.07 Å². The number of pyridine rings is 1. The fourth-order valence-electron chi connectivity index (χ4n) is 3.42. The highest BCUT2D eigenvalue weighted by atomic mass is 35.5. The lowest BCUT2D eigenvalue weighted by Crippen LogP contribution is -2.45. The molecule has 1 aliphatic rings. The minimum Gasteiger partial charge on any atom is -0.393 e. The number of hydrogen-bond acceptors (Lipinski definition) is 4. The number of Topliss-reactive ketones (excluding diaryl/α,β-unsaturated/α-hetero) is 1. The summed E-state index contributed by atoms with van der Waals surface area (Å²) < 4.78 is 42.7. The second-order valence-electron chi connectivity index (χ2n) is 6.66. The minimum absolute atomic E-state index is 0.0656. The minimum atomic E-state index is -2.42. The number of rotatable bonds is 5. The fraction of sp³-hybridized carbons (Fsp3) is 0.368. The molecule has 0 saturated heterocycles. The summed E-state index contributed by atoms with van der Waals surface area (Å²) in [5.41, 5.74) is -4.40. The summed E-state index contributed by atoms with van der Waals surface area (Å²) in [5.74, 6) is -2.57. The van der Waals surface area contributed by atoms with Crippen molar-refractivity contribution in [1.82, 2.24) is 4.98 Å². The van der Waals surface area contributed by atoms with Crippen LogP contribution in [0.3, 0.4) is 0 Å². The number of nitrogens with zero attached hydrogens (tertiary/aromatic N) is 1. The average Bonchev–Trinajstić information content (AvgIpc) is 2.64. The topological polar surface area (TPSA) is 70.4 Å². The van der Waals surface area contributed by atoms with E-state index in [1.165, 1.54) is 18.3 Å². The van der Waals surface area contributed by atoms with Gasteiger partial charge in [-0.15, -0.1) is 0 Å². The Morgan fingerprint density at radius 3 is 2.70 bits per heavy atom. The number of aromatic nitrogens is 1. The lowest BCUT2D eigenvalue weighted by Gasteiger charge is -2.38. The van der Waals surface area contributed by atoms with E-state index in [2.05, 4.69) is 4.98 Å². The highest BCUT2D eigenvalue weighted by Crippen LogP contribution is 2.46. The standard InChI is InChI=1S/C19H17ClF3NO3/c20-14-8-11(21)9-15(22)12(14)3-4-16(26)19(23)6-5-18(27,10-25)17-13(19)2-1-7-24-17/h1-2,7-9,25,27H,3-6,10H2/t18-,19+/m1/s1. The third-order valence-electron chi connectivity index (χ3n) is 4.97. The van der Waals surface area contributed by atoms with Crippen molar-refractivity contribution in [3.63, 3.8) is 0 Å². The number of aliphatic hydroxyl groups is 2. The number of alkyl halides is 1. The second kappa shape index (κ2) is 7.22. The molecule has 0 aliphatic heterocycles. The zero-order valence-electron chi connectivity index (χ0n) is 14.2. The quantitative estimate of drug-likeness (QED) is 0.809. The molecule has 1 aliphatic carbocycles. The number of benzene rings is 1.